The van der Waals surface area contributed by atoms with E-state index < -0.39 is 5.79 Å². The van der Waals surface area contributed by atoms with Crippen molar-refractivity contribution in [2.45, 2.75) is 31.1 Å². The molecule has 0 aliphatic carbocycles. The topological polar surface area (TPSA) is 82.1 Å². The Morgan fingerprint density at radius 2 is 1.67 bits per heavy atom. The highest BCUT2D eigenvalue weighted by Crippen LogP contribution is 2.39. The van der Waals surface area contributed by atoms with Gasteiger partial charge in [-0.3, -0.25) is 9.69 Å². The van der Waals surface area contributed by atoms with Crippen molar-refractivity contribution in [1.29, 1.82) is 0 Å². The summed E-state index contributed by atoms with van der Waals surface area (Å²) < 4.78 is 28.2. The van der Waals surface area contributed by atoms with Crippen molar-refractivity contribution in [3.8, 4) is 17.2 Å². The summed E-state index contributed by atoms with van der Waals surface area (Å²) in [6.07, 6.45) is 2.08. The molecule has 3 aliphatic rings. The van der Waals surface area contributed by atoms with Gasteiger partial charge in [0, 0.05) is 43.5 Å². The van der Waals surface area contributed by atoms with Crippen LogP contribution in [0.5, 0.6) is 17.2 Å². The second-order valence-electron chi connectivity index (χ2n) is 9.20. The van der Waals surface area contributed by atoms with E-state index in [4.69, 9.17) is 28.8 Å². The average Bonchev–Trinajstić information content (AvgIpc) is 3.57. The fourth-order valence-electron chi connectivity index (χ4n) is 5.22. The Morgan fingerprint density at radius 3 is 2.36 bits per heavy atom. The molecule has 3 heterocycles. The zero-order valence-corrected chi connectivity index (χ0v) is 21.1. The fraction of sp³-hybridized carbons (Fsp3) is 0.481. The average molecular weight is 496 g/mol. The Bertz CT molecular complexity index is 1120. The van der Waals surface area contributed by atoms with Gasteiger partial charge in [-0.2, -0.15) is 5.10 Å². The number of piperidine rings is 1. The van der Waals surface area contributed by atoms with E-state index in [2.05, 4.69) is 4.90 Å². The molecule has 1 spiro atoms. The number of carbonyl (C=O) groups excluding carboxylic acids is 1. The number of hydrazone groups is 1. The number of nitrogens with zero attached hydrogens (tertiary/aromatic N) is 3. The molecule has 0 saturated carbocycles. The normalized spacial score (nSPS) is 21.5. The molecule has 0 radical (unpaired) electrons. The van der Waals surface area contributed by atoms with E-state index in [1.807, 2.05) is 42.5 Å². The molecular formula is C27H33N3O6. The summed E-state index contributed by atoms with van der Waals surface area (Å²) in [4.78, 5) is 15.8. The Kier molecular flexibility index (Phi) is 7.13. The van der Waals surface area contributed by atoms with Gasteiger partial charge >= 0.3 is 0 Å². The second-order valence-corrected chi connectivity index (χ2v) is 9.20. The van der Waals surface area contributed by atoms with Gasteiger partial charge in [0.2, 0.25) is 0 Å². The van der Waals surface area contributed by atoms with Crippen LogP contribution in [-0.4, -0.2) is 81.5 Å². The first-order chi connectivity index (χ1) is 17.6. The molecule has 9 heteroatoms. The molecule has 2 aromatic rings. The van der Waals surface area contributed by atoms with Crippen molar-refractivity contribution in [2.24, 2.45) is 5.10 Å². The number of amides is 1. The standard InChI is InChI=1S/C27H33N3O6/c1-32-23-7-5-4-6-20(23)22-17-21(19-8-9-24(33-2)25(16-19)34-3)28-30(22)26(31)18-29-12-10-27(11-13-29)35-14-15-36-27/h4-9,16,22H,10-15,17-18H2,1-3H3. The smallest absolute Gasteiger partial charge is 0.257 e. The van der Waals surface area contributed by atoms with E-state index in [0.29, 0.717) is 31.1 Å². The highest BCUT2D eigenvalue weighted by Gasteiger charge is 2.41. The van der Waals surface area contributed by atoms with Gasteiger partial charge < -0.3 is 23.7 Å². The Morgan fingerprint density at radius 1 is 0.972 bits per heavy atom. The van der Waals surface area contributed by atoms with Crippen LogP contribution in [0.1, 0.15) is 36.4 Å². The van der Waals surface area contributed by atoms with E-state index in [9.17, 15) is 4.79 Å². The van der Waals surface area contributed by atoms with Crippen molar-refractivity contribution >= 4 is 11.6 Å². The van der Waals surface area contributed by atoms with E-state index in [1.54, 1.807) is 26.3 Å². The highest BCUT2D eigenvalue weighted by atomic mass is 16.7. The number of rotatable bonds is 7. The third-order valence-corrected chi connectivity index (χ3v) is 7.17. The van der Waals surface area contributed by atoms with Crippen LogP contribution in [0.3, 0.4) is 0 Å². The Labute approximate surface area is 211 Å². The number of likely N-dealkylation sites (tertiary alicyclic amines) is 1. The largest absolute Gasteiger partial charge is 0.496 e. The van der Waals surface area contributed by atoms with Crippen LogP contribution in [-0.2, 0) is 14.3 Å². The summed E-state index contributed by atoms with van der Waals surface area (Å²) in [7, 11) is 4.86. The SMILES string of the molecule is COc1ccc(C2=NN(C(=O)CN3CCC4(CC3)OCCO4)C(c3ccccc3OC)C2)cc1OC. The lowest BCUT2D eigenvalue weighted by Gasteiger charge is -2.37. The van der Waals surface area contributed by atoms with Gasteiger partial charge in [0.1, 0.15) is 5.75 Å². The molecule has 9 nitrogen and oxygen atoms in total. The number of benzene rings is 2. The molecule has 0 bridgehead atoms. The minimum absolute atomic E-state index is 0.0504. The van der Waals surface area contributed by atoms with Crippen molar-refractivity contribution in [3.05, 3.63) is 53.6 Å². The number of para-hydroxylation sites is 1. The summed E-state index contributed by atoms with van der Waals surface area (Å²) in [5, 5.41) is 6.45. The van der Waals surface area contributed by atoms with Crippen LogP contribution >= 0.6 is 0 Å². The Hall–Kier alpha value is -3.14. The summed E-state index contributed by atoms with van der Waals surface area (Å²) in [5.41, 5.74) is 2.63. The molecule has 0 aromatic heterocycles. The fourth-order valence-corrected chi connectivity index (χ4v) is 5.22. The van der Waals surface area contributed by atoms with Crippen molar-refractivity contribution in [2.75, 3.05) is 54.2 Å². The summed E-state index contributed by atoms with van der Waals surface area (Å²) in [5.74, 6) is 1.48. The molecule has 2 aromatic carbocycles. The molecule has 3 aliphatic heterocycles. The lowest BCUT2D eigenvalue weighted by Crippen LogP contribution is -2.48. The number of carbonyl (C=O) groups is 1. The molecule has 36 heavy (non-hydrogen) atoms. The number of hydrogen-bond donors (Lipinski definition) is 0. The minimum Gasteiger partial charge on any atom is -0.496 e. The maximum atomic E-state index is 13.6. The van der Waals surface area contributed by atoms with Gasteiger partial charge in [-0.25, -0.2) is 5.01 Å². The predicted octanol–water partition coefficient (Wildman–Crippen LogP) is 3.23. The maximum absolute atomic E-state index is 13.6. The van der Waals surface area contributed by atoms with Gasteiger partial charge in [0.25, 0.3) is 5.91 Å². The van der Waals surface area contributed by atoms with Crippen LogP contribution in [0.25, 0.3) is 0 Å². The maximum Gasteiger partial charge on any atom is 0.257 e. The van der Waals surface area contributed by atoms with E-state index in [0.717, 1.165) is 48.5 Å². The van der Waals surface area contributed by atoms with Crippen molar-refractivity contribution in [1.82, 2.24) is 9.91 Å². The van der Waals surface area contributed by atoms with Crippen LogP contribution in [0.15, 0.2) is 47.6 Å². The molecule has 2 saturated heterocycles. The molecule has 0 N–H and O–H groups in total. The predicted molar refractivity (Wildman–Crippen MR) is 134 cm³/mol. The molecule has 2 fully saturated rings. The van der Waals surface area contributed by atoms with Crippen LogP contribution in [0.4, 0.5) is 0 Å². The van der Waals surface area contributed by atoms with Gasteiger partial charge in [0.15, 0.2) is 17.3 Å². The summed E-state index contributed by atoms with van der Waals surface area (Å²) in [6, 6.07) is 13.2. The van der Waals surface area contributed by atoms with Crippen LogP contribution < -0.4 is 14.2 Å². The molecule has 192 valence electrons. The van der Waals surface area contributed by atoms with Crippen LogP contribution in [0.2, 0.25) is 0 Å². The molecule has 1 unspecified atom stereocenters. The zero-order valence-electron chi connectivity index (χ0n) is 21.1. The van der Waals surface area contributed by atoms with Crippen LogP contribution in [0, 0.1) is 0 Å². The molecule has 1 amide bonds. The first kappa shape index (κ1) is 24.5. The minimum atomic E-state index is -0.466. The van der Waals surface area contributed by atoms with Gasteiger partial charge in [-0.05, 0) is 24.3 Å². The number of hydrogen-bond acceptors (Lipinski definition) is 8. The van der Waals surface area contributed by atoms with Crippen molar-refractivity contribution < 1.29 is 28.5 Å². The first-order valence-corrected chi connectivity index (χ1v) is 12.3. The highest BCUT2D eigenvalue weighted by molar-refractivity contribution is 6.03. The number of ether oxygens (including phenoxy) is 5. The lowest BCUT2D eigenvalue weighted by molar-refractivity contribution is -0.186. The van der Waals surface area contributed by atoms with Gasteiger partial charge in [0.05, 0.1) is 52.8 Å². The first-order valence-electron chi connectivity index (χ1n) is 12.3. The van der Waals surface area contributed by atoms with Gasteiger partial charge in [-0.15, -0.1) is 0 Å². The summed E-state index contributed by atoms with van der Waals surface area (Å²) >= 11 is 0. The monoisotopic (exact) mass is 495 g/mol. The zero-order chi connectivity index (χ0) is 25.1. The van der Waals surface area contributed by atoms with E-state index >= 15 is 0 Å². The molecule has 5 rings (SSSR count). The van der Waals surface area contributed by atoms with Crippen molar-refractivity contribution in [3.63, 3.8) is 0 Å². The molecule has 1 atom stereocenters. The summed E-state index contributed by atoms with van der Waals surface area (Å²) in [6.45, 7) is 3.04. The number of methoxy groups -OCH3 is 3. The van der Waals surface area contributed by atoms with E-state index in [-0.39, 0.29) is 18.5 Å². The second kappa shape index (κ2) is 10.5. The van der Waals surface area contributed by atoms with Gasteiger partial charge in [-0.1, -0.05) is 18.2 Å². The third kappa shape index (κ3) is 4.78. The molecular weight excluding hydrogens is 462 g/mol. The quantitative estimate of drug-likeness (QED) is 0.583. The third-order valence-electron chi connectivity index (χ3n) is 7.17. The Balaban J connectivity index is 1.39. The lowest BCUT2D eigenvalue weighted by atomic mass is 9.97. The van der Waals surface area contributed by atoms with E-state index in [1.165, 1.54) is 0 Å².